The Morgan fingerprint density at radius 2 is 1.76 bits per heavy atom. The molecule has 5 nitrogen and oxygen atoms in total. The molecular formula is C19H29FN4O. The van der Waals surface area contributed by atoms with Gasteiger partial charge >= 0.3 is 0 Å². The average Bonchev–Trinajstić information content (AvgIpc) is 2.89. The maximum absolute atomic E-state index is 13.0. The Kier molecular flexibility index (Phi) is 5.71. The number of halogens is 1. The molecule has 0 aliphatic carbocycles. The van der Waals surface area contributed by atoms with Crippen LogP contribution >= 0.6 is 0 Å². The van der Waals surface area contributed by atoms with Crippen molar-refractivity contribution in [3.63, 3.8) is 0 Å². The number of amides is 1. The van der Waals surface area contributed by atoms with Gasteiger partial charge in [-0.15, -0.1) is 0 Å². The van der Waals surface area contributed by atoms with Crippen molar-refractivity contribution in [1.29, 1.82) is 0 Å². The topological polar surface area (TPSA) is 47.6 Å². The number of benzene rings is 1. The van der Waals surface area contributed by atoms with Crippen LogP contribution in [0.25, 0.3) is 0 Å². The highest BCUT2D eigenvalue weighted by Gasteiger charge is 2.35. The lowest BCUT2D eigenvalue weighted by Gasteiger charge is -2.40. The van der Waals surface area contributed by atoms with E-state index in [2.05, 4.69) is 36.5 Å². The van der Waals surface area contributed by atoms with Gasteiger partial charge in [-0.2, -0.15) is 0 Å². The van der Waals surface area contributed by atoms with Crippen molar-refractivity contribution in [2.75, 3.05) is 19.6 Å². The number of nitrogens with one attached hydrogen (secondary N) is 2. The highest BCUT2D eigenvalue weighted by Crippen LogP contribution is 2.22. The van der Waals surface area contributed by atoms with Crippen LogP contribution in [0.1, 0.15) is 32.8 Å². The molecule has 1 amide bonds. The second kappa shape index (κ2) is 7.81. The zero-order valence-electron chi connectivity index (χ0n) is 15.3. The van der Waals surface area contributed by atoms with Gasteiger partial charge in [0.15, 0.2) is 0 Å². The van der Waals surface area contributed by atoms with Gasteiger partial charge in [0.05, 0.1) is 0 Å². The summed E-state index contributed by atoms with van der Waals surface area (Å²) in [7, 11) is 0. The molecule has 138 valence electrons. The fraction of sp³-hybridized carbons (Fsp3) is 0.632. The third-order valence-corrected chi connectivity index (χ3v) is 5.58. The van der Waals surface area contributed by atoms with Crippen LogP contribution < -0.4 is 10.9 Å². The maximum Gasteiger partial charge on any atom is 0.223 e. The summed E-state index contributed by atoms with van der Waals surface area (Å²) in [5.74, 6) is 0.381. The van der Waals surface area contributed by atoms with E-state index in [1.54, 1.807) is 0 Å². The normalized spacial score (nSPS) is 30.6. The minimum atomic E-state index is -0.202. The van der Waals surface area contributed by atoms with Crippen LogP contribution in [0, 0.1) is 11.7 Å². The van der Waals surface area contributed by atoms with Crippen LogP contribution in [-0.4, -0.2) is 53.5 Å². The molecule has 1 aromatic carbocycles. The second-order valence-corrected chi connectivity index (χ2v) is 7.53. The first-order valence-electron chi connectivity index (χ1n) is 9.21. The van der Waals surface area contributed by atoms with Crippen LogP contribution in [0.5, 0.6) is 0 Å². The first-order chi connectivity index (χ1) is 11.9. The van der Waals surface area contributed by atoms with Gasteiger partial charge in [-0.1, -0.05) is 12.1 Å². The van der Waals surface area contributed by atoms with Crippen molar-refractivity contribution in [3.8, 4) is 0 Å². The molecule has 2 fully saturated rings. The molecule has 2 aliphatic rings. The Morgan fingerprint density at radius 1 is 1.12 bits per heavy atom. The van der Waals surface area contributed by atoms with Crippen molar-refractivity contribution in [2.24, 2.45) is 5.92 Å². The molecule has 0 aromatic heterocycles. The first-order valence-corrected chi connectivity index (χ1v) is 9.21. The number of carbonyl (C=O) groups is 1. The molecule has 6 heteroatoms. The molecule has 1 aromatic rings. The molecule has 25 heavy (non-hydrogen) atoms. The van der Waals surface area contributed by atoms with E-state index < -0.39 is 0 Å². The quantitative estimate of drug-likeness (QED) is 0.870. The SMILES string of the molecule is CC1NNC(C)C1CC(=O)N1CCN(Cc2ccc(F)cc2)CC1C. The molecule has 0 bridgehead atoms. The first kappa shape index (κ1) is 18.3. The highest BCUT2D eigenvalue weighted by molar-refractivity contribution is 5.77. The molecule has 3 atom stereocenters. The predicted octanol–water partition coefficient (Wildman–Crippen LogP) is 1.75. The molecular weight excluding hydrogens is 319 g/mol. The zero-order chi connectivity index (χ0) is 18.0. The van der Waals surface area contributed by atoms with E-state index in [-0.39, 0.29) is 17.8 Å². The number of hydrogen-bond acceptors (Lipinski definition) is 4. The Morgan fingerprint density at radius 3 is 2.36 bits per heavy atom. The lowest BCUT2D eigenvalue weighted by Crippen LogP contribution is -2.54. The Hall–Kier alpha value is -1.50. The summed E-state index contributed by atoms with van der Waals surface area (Å²) in [5, 5.41) is 0. The third kappa shape index (κ3) is 4.37. The Labute approximate surface area is 149 Å². The van der Waals surface area contributed by atoms with Crippen LogP contribution in [-0.2, 0) is 11.3 Å². The zero-order valence-corrected chi connectivity index (χ0v) is 15.3. The van der Waals surface area contributed by atoms with Crippen molar-refractivity contribution in [1.82, 2.24) is 20.7 Å². The summed E-state index contributed by atoms with van der Waals surface area (Å²) in [6.07, 6.45) is 0.588. The minimum Gasteiger partial charge on any atom is -0.337 e. The Balaban J connectivity index is 1.52. The van der Waals surface area contributed by atoms with Gasteiger partial charge in [0.25, 0.3) is 0 Å². The number of piperazine rings is 1. The molecule has 3 rings (SSSR count). The smallest absolute Gasteiger partial charge is 0.223 e. The lowest BCUT2D eigenvalue weighted by molar-refractivity contribution is -0.137. The summed E-state index contributed by atoms with van der Waals surface area (Å²) in [6.45, 7) is 9.65. The molecule has 2 aliphatic heterocycles. The summed E-state index contributed by atoms with van der Waals surface area (Å²) in [5.41, 5.74) is 7.55. The predicted molar refractivity (Wildman–Crippen MR) is 96.2 cm³/mol. The van der Waals surface area contributed by atoms with E-state index in [9.17, 15) is 9.18 Å². The van der Waals surface area contributed by atoms with Crippen LogP contribution in [0.2, 0.25) is 0 Å². The van der Waals surface area contributed by atoms with Gasteiger partial charge in [-0.05, 0) is 38.5 Å². The second-order valence-electron chi connectivity index (χ2n) is 7.53. The summed E-state index contributed by atoms with van der Waals surface area (Å²) in [6, 6.07) is 7.51. The third-order valence-electron chi connectivity index (χ3n) is 5.58. The molecule has 0 radical (unpaired) electrons. The highest BCUT2D eigenvalue weighted by atomic mass is 19.1. The van der Waals surface area contributed by atoms with Crippen molar-refractivity contribution >= 4 is 5.91 Å². The van der Waals surface area contributed by atoms with E-state index in [0.29, 0.717) is 24.4 Å². The average molecular weight is 348 g/mol. The van der Waals surface area contributed by atoms with E-state index in [1.807, 2.05) is 17.0 Å². The van der Waals surface area contributed by atoms with Gasteiger partial charge in [-0.25, -0.2) is 4.39 Å². The molecule has 2 heterocycles. The van der Waals surface area contributed by atoms with Gasteiger partial charge < -0.3 is 4.90 Å². The molecule has 3 unspecified atom stereocenters. The van der Waals surface area contributed by atoms with Crippen molar-refractivity contribution in [2.45, 2.75) is 51.9 Å². The molecule has 0 spiro atoms. The summed E-state index contributed by atoms with van der Waals surface area (Å²) >= 11 is 0. The molecule has 0 saturated carbocycles. The lowest BCUT2D eigenvalue weighted by atomic mass is 9.92. The number of nitrogens with zero attached hydrogens (tertiary/aromatic N) is 2. The van der Waals surface area contributed by atoms with Crippen LogP contribution in [0.3, 0.4) is 0 Å². The molecule has 2 saturated heterocycles. The summed E-state index contributed by atoms with van der Waals surface area (Å²) < 4.78 is 13.0. The van der Waals surface area contributed by atoms with Gasteiger partial charge in [0.2, 0.25) is 5.91 Å². The fourth-order valence-corrected chi connectivity index (χ4v) is 3.98. The fourth-order valence-electron chi connectivity index (χ4n) is 3.98. The number of rotatable bonds is 4. The van der Waals surface area contributed by atoms with Gasteiger partial charge in [-0.3, -0.25) is 20.5 Å². The van der Waals surface area contributed by atoms with Crippen molar-refractivity contribution in [3.05, 3.63) is 35.6 Å². The van der Waals surface area contributed by atoms with Crippen molar-refractivity contribution < 1.29 is 9.18 Å². The van der Waals surface area contributed by atoms with Gasteiger partial charge in [0.1, 0.15) is 5.82 Å². The number of carbonyl (C=O) groups excluding carboxylic acids is 1. The van der Waals surface area contributed by atoms with Crippen LogP contribution in [0.4, 0.5) is 4.39 Å². The number of hydrogen-bond donors (Lipinski definition) is 2. The Bertz CT molecular complexity index is 584. The van der Waals surface area contributed by atoms with Crippen LogP contribution in [0.15, 0.2) is 24.3 Å². The maximum atomic E-state index is 13.0. The summed E-state index contributed by atoms with van der Waals surface area (Å²) in [4.78, 5) is 17.1. The van der Waals surface area contributed by atoms with E-state index in [0.717, 1.165) is 31.7 Å². The minimum absolute atomic E-state index is 0.202. The van der Waals surface area contributed by atoms with E-state index in [1.165, 1.54) is 12.1 Å². The number of hydrazine groups is 1. The standard InChI is InChI=1S/C19H29FN4O/c1-13-11-23(12-16-4-6-17(20)7-5-16)8-9-24(13)19(25)10-18-14(2)21-22-15(18)3/h4-7,13-15,18,21-22H,8-12H2,1-3H3. The van der Waals surface area contributed by atoms with Gasteiger partial charge in [0, 0.05) is 56.6 Å². The van der Waals surface area contributed by atoms with E-state index >= 15 is 0 Å². The molecule has 2 N–H and O–H groups in total. The van der Waals surface area contributed by atoms with E-state index in [4.69, 9.17) is 0 Å². The monoisotopic (exact) mass is 348 g/mol. The largest absolute Gasteiger partial charge is 0.337 e.